The monoisotopic (exact) mass is 498 g/mol. The maximum Gasteiger partial charge on any atom is 0.439 e. The Labute approximate surface area is 203 Å². The second kappa shape index (κ2) is 12.0. The fourth-order valence-electron chi connectivity index (χ4n) is 4.47. The minimum absolute atomic E-state index is 0.402. The molecular formula is C28H32F6O. The van der Waals surface area contributed by atoms with Gasteiger partial charge in [-0.15, -0.1) is 0 Å². The molecule has 1 aliphatic carbocycles. The second-order valence-corrected chi connectivity index (χ2v) is 9.31. The molecule has 1 aliphatic rings. The third-order valence-corrected chi connectivity index (χ3v) is 6.57. The Morgan fingerprint density at radius 1 is 0.886 bits per heavy atom. The van der Waals surface area contributed by atoms with Crippen LogP contribution in [0.4, 0.5) is 26.3 Å². The van der Waals surface area contributed by atoms with Gasteiger partial charge < -0.3 is 4.74 Å². The Bertz CT molecular complexity index is 925. The molecule has 0 N–H and O–H groups in total. The highest BCUT2D eigenvalue weighted by molar-refractivity contribution is 5.51. The van der Waals surface area contributed by atoms with E-state index in [4.69, 9.17) is 0 Å². The van der Waals surface area contributed by atoms with Crippen molar-refractivity contribution < 1.29 is 31.1 Å². The molecule has 2 aromatic carbocycles. The molecule has 2 aromatic rings. The van der Waals surface area contributed by atoms with Gasteiger partial charge in [-0.05, 0) is 79.2 Å². The SMILES string of the molecule is CCCCCc1ccc(C2CCC(C=Cc3ccc(OC(F)(F)C(F)C(F)(F)F)cc3)CC2)cc1. The van der Waals surface area contributed by atoms with Gasteiger partial charge in [0.25, 0.3) is 6.17 Å². The van der Waals surface area contributed by atoms with E-state index in [1.165, 1.54) is 42.5 Å². The molecular weight excluding hydrogens is 466 g/mol. The molecule has 192 valence electrons. The Morgan fingerprint density at radius 2 is 1.51 bits per heavy atom. The van der Waals surface area contributed by atoms with Crippen molar-refractivity contribution in [1.82, 2.24) is 0 Å². The number of hydrogen-bond acceptors (Lipinski definition) is 1. The molecule has 0 saturated heterocycles. The molecule has 1 fully saturated rings. The first-order valence-electron chi connectivity index (χ1n) is 12.2. The first kappa shape index (κ1) is 27.2. The third kappa shape index (κ3) is 8.04. The molecule has 0 spiro atoms. The lowest BCUT2D eigenvalue weighted by molar-refractivity contribution is -0.304. The van der Waals surface area contributed by atoms with Crippen molar-refractivity contribution in [2.24, 2.45) is 5.92 Å². The fourth-order valence-corrected chi connectivity index (χ4v) is 4.47. The van der Waals surface area contributed by atoms with Crippen molar-refractivity contribution in [3.63, 3.8) is 0 Å². The predicted octanol–water partition coefficient (Wildman–Crippen LogP) is 9.28. The molecule has 0 amide bonds. The summed E-state index contributed by atoms with van der Waals surface area (Å²) in [6.07, 6.45) is -2.04. The lowest BCUT2D eigenvalue weighted by atomic mass is 9.78. The maximum atomic E-state index is 13.4. The van der Waals surface area contributed by atoms with Gasteiger partial charge in [-0.1, -0.05) is 68.3 Å². The van der Waals surface area contributed by atoms with Crippen LogP contribution in [0.25, 0.3) is 6.08 Å². The quantitative estimate of drug-likeness (QED) is 0.234. The van der Waals surface area contributed by atoms with E-state index in [1.807, 2.05) is 6.08 Å². The van der Waals surface area contributed by atoms with Crippen LogP contribution in [-0.2, 0) is 6.42 Å². The fraction of sp³-hybridized carbons (Fsp3) is 0.500. The van der Waals surface area contributed by atoms with E-state index in [2.05, 4.69) is 42.0 Å². The van der Waals surface area contributed by atoms with Crippen LogP contribution in [0.1, 0.15) is 74.5 Å². The standard InChI is InChI=1S/C28H32F6O/c1-2-3-4-5-20-8-14-23(15-9-20)24-16-10-21(11-17-24)6-7-22-12-18-25(19-13-22)35-28(33,34)26(29)27(30,31)32/h6-9,12-15,18-19,21,24,26H,2-5,10-11,16-17H2,1H3. The third-order valence-electron chi connectivity index (χ3n) is 6.57. The molecule has 1 atom stereocenters. The molecule has 7 heteroatoms. The number of aryl methyl sites for hydroxylation is 1. The zero-order valence-corrected chi connectivity index (χ0v) is 19.8. The lowest BCUT2D eigenvalue weighted by Crippen LogP contribution is -2.45. The van der Waals surface area contributed by atoms with Crippen LogP contribution in [-0.4, -0.2) is 18.5 Å². The highest BCUT2D eigenvalue weighted by atomic mass is 19.4. The summed E-state index contributed by atoms with van der Waals surface area (Å²) in [5, 5.41) is 0. The van der Waals surface area contributed by atoms with E-state index in [0.29, 0.717) is 17.4 Å². The normalized spacial score (nSPS) is 20.2. The van der Waals surface area contributed by atoms with Crippen molar-refractivity contribution in [1.29, 1.82) is 0 Å². The minimum atomic E-state index is -5.71. The number of benzene rings is 2. The van der Waals surface area contributed by atoms with Gasteiger partial charge in [0, 0.05) is 0 Å². The number of alkyl halides is 6. The van der Waals surface area contributed by atoms with Crippen LogP contribution in [0, 0.1) is 5.92 Å². The Balaban J connectivity index is 1.47. The topological polar surface area (TPSA) is 9.23 Å². The number of allylic oxidation sites excluding steroid dienone is 1. The molecule has 1 unspecified atom stereocenters. The van der Waals surface area contributed by atoms with E-state index >= 15 is 0 Å². The van der Waals surface area contributed by atoms with Gasteiger partial charge in [0.15, 0.2) is 0 Å². The van der Waals surface area contributed by atoms with Gasteiger partial charge in [0.1, 0.15) is 5.75 Å². The number of halogens is 6. The summed E-state index contributed by atoms with van der Waals surface area (Å²) in [5.41, 5.74) is 3.48. The summed E-state index contributed by atoms with van der Waals surface area (Å²) in [4.78, 5) is 0. The van der Waals surface area contributed by atoms with E-state index in [0.717, 1.165) is 44.2 Å². The van der Waals surface area contributed by atoms with Gasteiger partial charge >= 0.3 is 12.3 Å². The molecule has 3 rings (SSSR count). The summed E-state index contributed by atoms with van der Waals surface area (Å²) in [7, 11) is 0. The van der Waals surface area contributed by atoms with Crippen LogP contribution in [0.15, 0.2) is 54.6 Å². The van der Waals surface area contributed by atoms with Gasteiger partial charge in [0.05, 0.1) is 0 Å². The van der Waals surface area contributed by atoms with Crippen molar-refractivity contribution in [3.8, 4) is 5.75 Å². The van der Waals surface area contributed by atoms with E-state index in [9.17, 15) is 26.3 Å². The zero-order valence-electron chi connectivity index (χ0n) is 19.8. The average Bonchev–Trinajstić information content (AvgIpc) is 2.83. The summed E-state index contributed by atoms with van der Waals surface area (Å²) in [6.45, 7) is 2.21. The molecule has 1 saturated carbocycles. The van der Waals surface area contributed by atoms with Crippen LogP contribution >= 0.6 is 0 Å². The minimum Gasteiger partial charge on any atom is -0.430 e. The highest BCUT2D eigenvalue weighted by Crippen LogP contribution is 2.38. The summed E-state index contributed by atoms with van der Waals surface area (Å²) in [5.74, 6) is 0.424. The van der Waals surface area contributed by atoms with Crippen LogP contribution in [0.3, 0.4) is 0 Å². The second-order valence-electron chi connectivity index (χ2n) is 9.31. The van der Waals surface area contributed by atoms with Crippen LogP contribution < -0.4 is 4.74 Å². The Kier molecular flexibility index (Phi) is 9.31. The Morgan fingerprint density at radius 3 is 2.09 bits per heavy atom. The number of hydrogen-bond donors (Lipinski definition) is 0. The van der Waals surface area contributed by atoms with Crippen molar-refractivity contribution in [2.45, 2.75) is 82.7 Å². The van der Waals surface area contributed by atoms with Gasteiger partial charge in [-0.3, -0.25) is 0 Å². The van der Waals surface area contributed by atoms with Crippen LogP contribution in [0.5, 0.6) is 5.75 Å². The molecule has 0 aliphatic heterocycles. The summed E-state index contributed by atoms with van der Waals surface area (Å²) in [6, 6.07) is 14.1. The molecule has 0 heterocycles. The van der Waals surface area contributed by atoms with Gasteiger partial charge in [-0.25, -0.2) is 4.39 Å². The van der Waals surface area contributed by atoms with Crippen molar-refractivity contribution >= 4 is 6.08 Å². The van der Waals surface area contributed by atoms with Crippen molar-refractivity contribution in [3.05, 3.63) is 71.3 Å². The Hall–Kier alpha value is -2.44. The molecule has 0 aromatic heterocycles. The number of ether oxygens (including phenoxy) is 1. The maximum absolute atomic E-state index is 13.4. The number of unbranched alkanes of at least 4 members (excludes halogenated alkanes) is 2. The van der Waals surface area contributed by atoms with Crippen molar-refractivity contribution in [2.75, 3.05) is 0 Å². The molecule has 0 bridgehead atoms. The zero-order chi connectivity index (χ0) is 25.5. The first-order chi connectivity index (χ1) is 16.6. The average molecular weight is 499 g/mol. The summed E-state index contributed by atoms with van der Waals surface area (Å²) >= 11 is 0. The van der Waals surface area contributed by atoms with Crippen LogP contribution in [0.2, 0.25) is 0 Å². The lowest BCUT2D eigenvalue weighted by Gasteiger charge is -2.27. The molecule has 1 nitrogen and oxygen atoms in total. The summed E-state index contributed by atoms with van der Waals surface area (Å²) < 4.78 is 80.4. The van der Waals surface area contributed by atoms with E-state index in [-0.39, 0.29) is 0 Å². The molecule has 0 radical (unpaired) electrons. The van der Waals surface area contributed by atoms with E-state index in [1.54, 1.807) is 0 Å². The molecule has 35 heavy (non-hydrogen) atoms. The largest absolute Gasteiger partial charge is 0.439 e. The first-order valence-corrected chi connectivity index (χ1v) is 12.2. The van der Waals surface area contributed by atoms with E-state index < -0.39 is 24.2 Å². The smallest absolute Gasteiger partial charge is 0.430 e. The predicted molar refractivity (Wildman–Crippen MR) is 126 cm³/mol. The number of rotatable bonds is 10. The highest BCUT2D eigenvalue weighted by Gasteiger charge is 2.59. The van der Waals surface area contributed by atoms with Gasteiger partial charge in [-0.2, -0.15) is 22.0 Å². The van der Waals surface area contributed by atoms with Gasteiger partial charge in [0.2, 0.25) is 0 Å².